The number of aromatic nitrogens is 2. The number of hydrogen-bond donors (Lipinski definition) is 0. The average Bonchev–Trinajstić information content (AvgIpc) is 3.41. The zero-order valence-corrected chi connectivity index (χ0v) is 23.1. The number of unbranched alkanes of at least 4 members (excludes halogenated alkanes) is 1. The molecule has 1 saturated heterocycles. The Morgan fingerprint density at radius 1 is 0.949 bits per heavy atom. The molecular formula is C29H33ClN4O5. The van der Waals surface area contributed by atoms with E-state index in [1.807, 2.05) is 47.0 Å². The van der Waals surface area contributed by atoms with Crippen LogP contribution < -0.4 is 0 Å². The molecule has 39 heavy (non-hydrogen) atoms. The summed E-state index contributed by atoms with van der Waals surface area (Å²) in [4.78, 5) is 45.6. The molecule has 0 unspecified atom stereocenters. The maximum Gasteiger partial charge on any atom is 0.337 e. The zero-order valence-electron chi connectivity index (χ0n) is 22.3. The highest BCUT2D eigenvalue weighted by atomic mass is 35.5. The predicted molar refractivity (Wildman–Crippen MR) is 149 cm³/mol. The molecule has 0 aliphatic carbocycles. The molecule has 2 heterocycles. The molecule has 4 rings (SSSR count). The molecule has 0 bridgehead atoms. The summed E-state index contributed by atoms with van der Waals surface area (Å²) in [7, 11) is 2.80. The third-order valence-electron chi connectivity index (χ3n) is 6.38. The topological polar surface area (TPSA) is 94.0 Å². The first-order valence-electron chi connectivity index (χ1n) is 12.6. The Morgan fingerprint density at radius 2 is 1.64 bits per heavy atom. The predicted octanol–water partition coefficient (Wildman–Crippen LogP) is 4.89. The van der Waals surface area contributed by atoms with E-state index in [1.54, 1.807) is 24.4 Å². The summed E-state index contributed by atoms with van der Waals surface area (Å²) in [5, 5.41) is 0. The number of esters is 1. The smallest absolute Gasteiger partial charge is 0.337 e. The van der Waals surface area contributed by atoms with Crippen molar-refractivity contribution in [1.82, 2.24) is 19.4 Å². The lowest BCUT2D eigenvalue weighted by molar-refractivity contribution is -0.126. The van der Waals surface area contributed by atoms with Crippen molar-refractivity contribution in [3.8, 4) is 0 Å². The van der Waals surface area contributed by atoms with E-state index in [0.717, 1.165) is 41.1 Å². The number of hydrogen-bond acceptors (Lipinski definition) is 6. The summed E-state index contributed by atoms with van der Waals surface area (Å²) in [6.45, 7) is 2.73. The summed E-state index contributed by atoms with van der Waals surface area (Å²) >= 11 is 0. The molecule has 2 aromatic carbocycles. The van der Waals surface area contributed by atoms with Crippen LogP contribution in [0.2, 0.25) is 0 Å². The number of imide groups is 1. The van der Waals surface area contributed by atoms with Gasteiger partial charge in [-0.25, -0.2) is 19.5 Å². The molecular weight excluding hydrogens is 520 g/mol. The molecule has 0 radical (unpaired) electrons. The Morgan fingerprint density at radius 3 is 2.28 bits per heavy atom. The Balaban J connectivity index is 0.00000420. The molecule has 0 N–H and O–H groups in total. The van der Waals surface area contributed by atoms with Crippen LogP contribution >= 0.6 is 12.4 Å². The molecule has 1 fully saturated rings. The van der Waals surface area contributed by atoms with Gasteiger partial charge >= 0.3 is 12.0 Å². The van der Waals surface area contributed by atoms with Crippen LogP contribution in [0.1, 0.15) is 52.8 Å². The summed E-state index contributed by atoms with van der Waals surface area (Å²) in [6, 6.07) is 16.3. The van der Waals surface area contributed by atoms with Crippen LogP contribution in [0.3, 0.4) is 0 Å². The van der Waals surface area contributed by atoms with Gasteiger partial charge in [-0.2, -0.15) is 0 Å². The highest BCUT2D eigenvalue weighted by Gasteiger charge is 2.41. The highest BCUT2D eigenvalue weighted by molar-refractivity contribution is 6.13. The van der Waals surface area contributed by atoms with Crippen LogP contribution in [-0.2, 0) is 33.8 Å². The van der Waals surface area contributed by atoms with E-state index >= 15 is 0 Å². The van der Waals surface area contributed by atoms with Crippen LogP contribution in [0.25, 0.3) is 6.08 Å². The second-order valence-corrected chi connectivity index (χ2v) is 9.01. The fourth-order valence-electron chi connectivity index (χ4n) is 4.34. The Bertz CT molecular complexity index is 1320. The second-order valence-electron chi connectivity index (χ2n) is 9.01. The van der Waals surface area contributed by atoms with Gasteiger partial charge in [0.05, 0.1) is 31.1 Å². The Labute approximate surface area is 234 Å². The first-order valence-corrected chi connectivity index (χ1v) is 12.6. The van der Waals surface area contributed by atoms with Gasteiger partial charge in [-0.1, -0.05) is 55.8 Å². The molecule has 206 valence electrons. The lowest BCUT2D eigenvalue weighted by atomic mass is 10.1. The van der Waals surface area contributed by atoms with Crippen molar-refractivity contribution in [2.24, 2.45) is 0 Å². The number of methoxy groups -OCH3 is 2. The van der Waals surface area contributed by atoms with Crippen LogP contribution in [0.5, 0.6) is 0 Å². The minimum atomic E-state index is -0.428. The number of ether oxygens (including phenoxy) is 2. The molecule has 3 aromatic rings. The van der Waals surface area contributed by atoms with Gasteiger partial charge in [0.15, 0.2) is 0 Å². The number of urea groups is 1. The fourth-order valence-corrected chi connectivity index (χ4v) is 4.34. The van der Waals surface area contributed by atoms with Gasteiger partial charge in [-0.05, 0) is 35.8 Å². The average molecular weight is 553 g/mol. The minimum Gasteiger partial charge on any atom is -0.465 e. The second kappa shape index (κ2) is 13.7. The summed E-state index contributed by atoms with van der Waals surface area (Å²) in [6.07, 6.45) is 6.22. The van der Waals surface area contributed by atoms with Crippen molar-refractivity contribution >= 4 is 36.4 Å². The van der Waals surface area contributed by atoms with Gasteiger partial charge in [0, 0.05) is 20.1 Å². The minimum absolute atomic E-state index is 0. The molecule has 0 atom stereocenters. The summed E-state index contributed by atoms with van der Waals surface area (Å²) in [5.41, 5.74) is 3.31. The zero-order chi connectivity index (χ0) is 27.1. The van der Waals surface area contributed by atoms with E-state index in [1.165, 1.54) is 19.1 Å². The van der Waals surface area contributed by atoms with Crippen LogP contribution in [0.4, 0.5) is 4.79 Å². The molecule has 1 aliphatic heterocycles. The van der Waals surface area contributed by atoms with E-state index < -0.39 is 17.9 Å². The van der Waals surface area contributed by atoms with E-state index in [9.17, 15) is 14.4 Å². The monoisotopic (exact) mass is 552 g/mol. The third kappa shape index (κ3) is 6.74. The lowest BCUT2D eigenvalue weighted by Gasteiger charge is -2.17. The van der Waals surface area contributed by atoms with Gasteiger partial charge < -0.3 is 14.0 Å². The largest absolute Gasteiger partial charge is 0.465 e. The summed E-state index contributed by atoms with van der Waals surface area (Å²) < 4.78 is 12.0. The van der Waals surface area contributed by atoms with E-state index in [-0.39, 0.29) is 31.4 Å². The molecule has 0 spiro atoms. The molecule has 1 aromatic heterocycles. The van der Waals surface area contributed by atoms with Crippen LogP contribution in [0.15, 0.2) is 66.5 Å². The molecule has 1 aliphatic rings. The van der Waals surface area contributed by atoms with Crippen molar-refractivity contribution in [2.45, 2.75) is 39.3 Å². The first-order chi connectivity index (χ1) is 18.5. The van der Waals surface area contributed by atoms with Crippen molar-refractivity contribution in [1.29, 1.82) is 0 Å². The quantitative estimate of drug-likeness (QED) is 0.191. The standard InChI is InChI=1S/C29H32N4O5.ClH/c1-4-5-11-26-30-17-24(31(26)18-22-12-14-23(15-13-22)28(35)38-3)16-25-27(34)33(20-37-2)29(36)32(25)19-21-9-7-6-8-10-21;/h6-10,12-17H,4-5,11,18-20H2,1-3H3;1H/b25-16-;. The number of carbonyl (C=O) groups excluding carboxylic acids is 3. The molecule has 3 amide bonds. The van der Waals surface area contributed by atoms with Gasteiger partial charge in [-0.15, -0.1) is 12.4 Å². The normalized spacial score (nSPS) is 14.2. The number of nitrogens with zero attached hydrogens (tertiary/aromatic N) is 4. The number of rotatable bonds is 11. The number of benzene rings is 2. The van der Waals surface area contributed by atoms with Crippen molar-refractivity contribution < 1.29 is 23.9 Å². The third-order valence-corrected chi connectivity index (χ3v) is 6.38. The molecule has 0 saturated carbocycles. The highest BCUT2D eigenvalue weighted by Crippen LogP contribution is 2.27. The van der Waals surface area contributed by atoms with Crippen LogP contribution in [-0.4, -0.2) is 58.2 Å². The van der Waals surface area contributed by atoms with E-state index in [2.05, 4.69) is 11.9 Å². The van der Waals surface area contributed by atoms with Crippen molar-refractivity contribution in [2.75, 3.05) is 21.0 Å². The number of halogens is 1. The maximum absolute atomic E-state index is 13.3. The van der Waals surface area contributed by atoms with Gasteiger partial charge in [0.2, 0.25) is 0 Å². The Kier molecular flexibility index (Phi) is 10.4. The van der Waals surface area contributed by atoms with Gasteiger partial charge in [0.1, 0.15) is 18.3 Å². The summed E-state index contributed by atoms with van der Waals surface area (Å²) in [5.74, 6) is 0.0747. The number of carbonyl (C=O) groups is 3. The number of imidazole rings is 1. The van der Waals surface area contributed by atoms with Gasteiger partial charge in [-0.3, -0.25) is 9.69 Å². The maximum atomic E-state index is 13.3. The first kappa shape index (κ1) is 29.6. The van der Waals surface area contributed by atoms with Gasteiger partial charge in [0.25, 0.3) is 5.91 Å². The van der Waals surface area contributed by atoms with Crippen molar-refractivity contribution in [3.05, 3.63) is 94.7 Å². The van der Waals surface area contributed by atoms with Crippen molar-refractivity contribution in [3.63, 3.8) is 0 Å². The number of amides is 3. The lowest BCUT2D eigenvalue weighted by Crippen LogP contribution is -2.34. The Hall–Kier alpha value is -3.95. The fraction of sp³-hybridized carbons (Fsp3) is 0.310. The van der Waals surface area contributed by atoms with Crippen LogP contribution in [0, 0.1) is 0 Å². The molecule has 9 nitrogen and oxygen atoms in total. The number of aryl methyl sites for hydroxylation is 1. The van der Waals surface area contributed by atoms with E-state index in [0.29, 0.717) is 17.8 Å². The van der Waals surface area contributed by atoms with E-state index in [4.69, 9.17) is 9.47 Å². The molecule has 10 heteroatoms. The SMILES string of the molecule is CCCCc1ncc(/C=C2/C(=O)N(COC)C(=O)N2Cc2ccccc2)n1Cc1ccc(C(=O)OC)cc1.Cl.